The number of nitrogen functional groups attached to an aromatic ring is 3. The number of hydrogen-bond acceptors (Lipinski definition) is 7. The summed E-state index contributed by atoms with van der Waals surface area (Å²) in [6, 6.07) is 33.0. The molecule has 8 heteroatoms. The van der Waals surface area contributed by atoms with Crippen LogP contribution >= 0.6 is 7.82 Å². The molecule has 6 aromatic carbocycles. The Kier molecular flexibility index (Phi) is 5.70. The minimum Gasteiger partial charge on any atom is -0.396 e. The number of nitrogens with two attached hydrogens (primary N) is 3. The van der Waals surface area contributed by atoms with E-state index >= 15 is 0 Å². The summed E-state index contributed by atoms with van der Waals surface area (Å²) >= 11 is 0. The Bertz CT molecular complexity index is 1670. The monoisotopic (exact) mass is 521 g/mol. The lowest BCUT2D eigenvalue weighted by Crippen LogP contribution is -2.11. The molecule has 6 N–H and O–H groups in total. The summed E-state index contributed by atoms with van der Waals surface area (Å²) in [6.07, 6.45) is 0. The quantitative estimate of drug-likeness (QED) is 0.153. The molecule has 0 atom stereocenters. The van der Waals surface area contributed by atoms with Crippen molar-refractivity contribution in [2.45, 2.75) is 0 Å². The second-order valence-corrected chi connectivity index (χ2v) is 10.3. The fraction of sp³-hybridized carbons (Fsp3) is 0. The average Bonchev–Trinajstić information content (AvgIpc) is 2.94. The van der Waals surface area contributed by atoms with Crippen molar-refractivity contribution in [2.24, 2.45) is 0 Å². The maximum atomic E-state index is 14.7. The molecule has 0 bridgehead atoms. The first-order valence-electron chi connectivity index (χ1n) is 11.9. The lowest BCUT2D eigenvalue weighted by molar-refractivity contribution is 0.303. The lowest BCUT2D eigenvalue weighted by Gasteiger charge is -2.23. The summed E-state index contributed by atoms with van der Waals surface area (Å²) in [6.45, 7) is 0. The molecular weight excluding hydrogens is 497 g/mol. The van der Waals surface area contributed by atoms with E-state index in [0.29, 0.717) is 16.2 Å². The van der Waals surface area contributed by atoms with Crippen molar-refractivity contribution in [3.05, 3.63) is 109 Å². The Morgan fingerprint density at radius 3 is 1.03 bits per heavy atom. The summed E-state index contributed by atoms with van der Waals surface area (Å²) in [5.74, 6) is 0.511. The van der Waals surface area contributed by atoms with Gasteiger partial charge < -0.3 is 30.8 Å². The van der Waals surface area contributed by atoms with E-state index in [1.54, 1.807) is 18.2 Å². The molecule has 0 unspecified atom stereocenters. The number of fused-ring (bicyclic) bond motifs is 3. The van der Waals surface area contributed by atoms with Gasteiger partial charge in [-0.25, -0.2) is 0 Å². The zero-order valence-electron chi connectivity index (χ0n) is 20.2. The molecule has 7 nitrogen and oxygen atoms in total. The molecule has 0 saturated heterocycles. The first-order chi connectivity index (χ1) is 18.4. The zero-order valence-corrected chi connectivity index (χ0v) is 21.1. The maximum absolute atomic E-state index is 14.7. The van der Waals surface area contributed by atoms with E-state index in [1.165, 1.54) is 0 Å². The van der Waals surface area contributed by atoms with Gasteiger partial charge in [0, 0.05) is 16.2 Å². The normalized spacial score (nSPS) is 11.6. The Balaban J connectivity index is 1.54. The van der Waals surface area contributed by atoms with Gasteiger partial charge in [-0.05, 0) is 34.4 Å². The Morgan fingerprint density at radius 2 is 0.711 bits per heavy atom. The van der Waals surface area contributed by atoms with E-state index in [1.807, 2.05) is 91.0 Å². The second kappa shape index (κ2) is 9.21. The smallest absolute Gasteiger partial charge is 0.396 e. The van der Waals surface area contributed by atoms with Crippen LogP contribution < -0.4 is 30.8 Å². The Labute approximate surface area is 219 Å². The lowest BCUT2D eigenvalue weighted by atomic mass is 10.1. The Hall–Kier alpha value is -4.87. The molecule has 0 spiro atoms. The van der Waals surface area contributed by atoms with Gasteiger partial charge in [0.05, 0.1) is 17.1 Å². The molecular formula is C30H24N3O4P. The van der Waals surface area contributed by atoms with E-state index in [0.717, 1.165) is 16.2 Å². The van der Waals surface area contributed by atoms with Crippen LogP contribution in [0.1, 0.15) is 0 Å². The van der Waals surface area contributed by atoms with E-state index in [-0.39, 0.29) is 34.3 Å². The van der Waals surface area contributed by atoms with Gasteiger partial charge in [0.1, 0.15) is 0 Å². The first-order valence-corrected chi connectivity index (χ1v) is 13.4. The highest BCUT2D eigenvalue weighted by Crippen LogP contribution is 2.56. The van der Waals surface area contributed by atoms with E-state index in [2.05, 4.69) is 0 Å². The highest BCUT2D eigenvalue weighted by atomic mass is 31.2. The van der Waals surface area contributed by atoms with E-state index < -0.39 is 7.82 Å². The zero-order chi connectivity index (χ0) is 26.3. The summed E-state index contributed by atoms with van der Waals surface area (Å²) in [7, 11) is -4.52. The topological polar surface area (TPSA) is 123 Å². The number of phosphoric ester groups is 1. The van der Waals surface area contributed by atoms with Gasteiger partial charge in [-0.2, -0.15) is 4.57 Å². The first kappa shape index (κ1) is 23.5. The minimum atomic E-state index is -4.52. The van der Waals surface area contributed by atoms with Gasteiger partial charge in [-0.15, -0.1) is 0 Å². The molecule has 38 heavy (non-hydrogen) atoms. The van der Waals surface area contributed by atoms with Crippen molar-refractivity contribution in [1.29, 1.82) is 0 Å². The third kappa shape index (κ3) is 4.19. The van der Waals surface area contributed by atoms with Crippen molar-refractivity contribution in [3.8, 4) is 17.2 Å². The second-order valence-electron chi connectivity index (χ2n) is 8.84. The van der Waals surface area contributed by atoms with Gasteiger partial charge >= 0.3 is 7.82 Å². The molecule has 0 aliphatic rings. The fourth-order valence-corrected chi connectivity index (χ4v) is 5.87. The Morgan fingerprint density at radius 1 is 0.421 bits per heavy atom. The standard InChI is InChI=1S/C30H24N3O4P/c31-25-16-13-19-7-1-4-10-22(19)28(25)35-38(34,36-29-23-11-5-2-8-20(23)14-17-26(29)32)37-30-24-12-6-3-9-21(24)15-18-27(30)33/h1-18H,31-33H2. The number of benzene rings is 6. The number of hydrogen-bond donors (Lipinski definition) is 3. The van der Waals surface area contributed by atoms with Crippen molar-refractivity contribution in [3.63, 3.8) is 0 Å². The molecule has 188 valence electrons. The van der Waals surface area contributed by atoms with Crippen LogP contribution in [0.5, 0.6) is 17.2 Å². The molecule has 6 rings (SSSR count). The van der Waals surface area contributed by atoms with Crippen LogP contribution in [0.3, 0.4) is 0 Å². The van der Waals surface area contributed by atoms with Crippen LogP contribution in [-0.2, 0) is 4.57 Å². The van der Waals surface area contributed by atoms with Crippen LogP contribution in [0, 0.1) is 0 Å². The maximum Gasteiger partial charge on any atom is 0.647 e. The average molecular weight is 522 g/mol. The largest absolute Gasteiger partial charge is 0.647 e. The molecule has 0 amide bonds. The van der Waals surface area contributed by atoms with Crippen LogP contribution in [0.25, 0.3) is 32.3 Å². The summed E-state index contributed by atoms with van der Waals surface area (Å²) < 4.78 is 33.1. The van der Waals surface area contributed by atoms with Gasteiger partial charge in [-0.3, -0.25) is 0 Å². The van der Waals surface area contributed by atoms with Gasteiger partial charge in [0.25, 0.3) is 0 Å². The number of phosphoric acid groups is 1. The summed E-state index contributed by atoms with van der Waals surface area (Å²) in [5.41, 5.74) is 19.8. The third-order valence-corrected chi connectivity index (χ3v) is 7.56. The van der Waals surface area contributed by atoms with E-state index in [9.17, 15) is 4.57 Å². The molecule has 0 fully saturated rings. The number of anilines is 3. The van der Waals surface area contributed by atoms with E-state index in [4.69, 9.17) is 30.8 Å². The predicted octanol–water partition coefficient (Wildman–Crippen LogP) is 7.54. The molecule has 0 aliphatic carbocycles. The number of rotatable bonds is 6. The molecule has 0 heterocycles. The van der Waals surface area contributed by atoms with Crippen LogP contribution in [-0.4, -0.2) is 0 Å². The molecule has 0 radical (unpaired) electrons. The van der Waals surface area contributed by atoms with Crippen molar-refractivity contribution in [2.75, 3.05) is 17.2 Å². The van der Waals surface area contributed by atoms with Crippen molar-refractivity contribution < 1.29 is 18.1 Å². The van der Waals surface area contributed by atoms with Gasteiger partial charge in [0.2, 0.25) is 0 Å². The molecule has 6 aromatic rings. The SMILES string of the molecule is Nc1ccc2ccccc2c1OP(=O)(Oc1c(N)ccc2ccccc12)Oc1c(N)ccc2ccccc12. The fourth-order valence-electron chi connectivity index (χ4n) is 4.48. The highest BCUT2D eigenvalue weighted by Gasteiger charge is 2.37. The third-order valence-electron chi connectivity index (χ3n) is 6.34. The van der Waals surface area contributed by atoms with Crippen LogP contribution in [0.4, 0.5) is 17.1 Å². The minimum absolute atomic E-state index is 0.170. The summed E-state index contributed by atoms with van der Waals surface area (Å²) in [5, 5.41) is 4.48. The van der Waals surface area contributed by atoms with Crippen molar-refractivity contribution in [1.82, 2.24) is 0 Å². The van der Waals surface area contributed by atoms with Gasteiger partial charge in [-0.1, -0.05) is 91.0 Å². The highest BCUT2D eigenvalue weighted by molar-refractivity contribution is 7.49. The van der Waals surface area contributed by atoms with Gasteiger partial charge in [0.15, 0.2) is 17.2 Å². The van der Waals surface area contributed by atoms with Crippen molar-refractivity contribution >= 4 is 57.2 Å². The molecule has 0 aliphatic heterocycles. The predicted molar refractivity (Wildman–Crippen MR) is 155 cm³/mol. The summed E-state index contributed by atoms with van der Waals surface area (Å²) in [4.78, 5) is 0. The molecule has 0 saturated carbocycles. The van der Waals surface area contributed by atoms with Crippen LogP contribution in [0.2, 0.25) is 0 Å². The van der Waals surface area contributed by atoms with Crippen LogP contribution in [0.15, 0.2) is 109 Å². The molecule has 0 aromatic heterocycles.